The van der Waals surface area contributed by atoms with Gasteiger partial charge in [0.25, 0.3) is 0 Å². The third-order valence-electron chi connectivity index (χ3n) is 4.49. The van der Waals surface area contributed by atoms with Gasteiger partial charge in [0.2, 0.25) is 5.91 Å². The monoisotopic (exact) mass is 355 g/mol. The zero-order valence-corrected chi connectivity index (χ0v) is 14.7. The molecule has 26 heavy (non-hydrogen) atoms. The van der Waals surface area contributed by atoms with Crippen molar-refractivity contribution in [1.82, 2.24) is 5.32 Å². The molecule has 2 aromatic carbocycles. The molecule has 0 saturated carbocycles. The van der Waals surface area contributed by atoms with E-state index in [1.807, 2.05) is 42.5 Å². The largest absolute Gasteiger partial charge is 0.493 e. The lowest BCUT2D eigenvalue weighted by Crippen LogP contribution is -2.28. The van der Waals surface area contributed by atoms with Crippen molar-refractivity contribution in [3.05, 3.63) is 59.7 Å². The van der Waals surface area contributed by atoms with Gasteiger partial charge >= 0.3 is 5.97 Å². The Labute approximate surface area is 152 Å². The standard InChI is InChI=1S/C20H21NO5/c1-24-16-9-8-14(15-11-21-19(22)18(15)20(23)25-2)10-17(16)26-12-13-6-4-3-5-7-13/h3-10,15,18H,11-12H2,1-2H3,(H,21,22). The average molecular weight is 355 g/mol. The first-order chi connectivity index (χ1) is 12.6. The summed E-state index contributed by atoms with van der Waals surface area (Å²) < 4.78 is 16.1. The van der Waals surface area contributed by atoms with Crippen LogP contribution in [0.25, 0.3) is 0 Å². The van der Waals surface area contributed by atoms with Gasteiger partial charge in [0.1, 0.15) is 12.5 Å². The summed E-state index contributed by atoms with van der Waals surface area (Å²) in [5.41, 5.74) is 1.85. The molecule has 1 fully saturated rings. The maximum atomic E-state index is 12.0. The summed E-state index contributed by atoms with van der Waals surface area (Å²) in [5.74, 6) is -0.847. The molecule has 6 nitrogen and oxygen atoms in total. The highest BCUT2D eigenvalue weighted by atomic mass is 16.5. The second-order valence-corrected chi connectivity index (χ2v) is 6.04. The lowest BCUT2D eigenvalue weighted by molar-refractivity contribution is -0.149. The van der Waals surface area contributed by atoms with Crippen LogP contribution in [0.5, 0.6) is 11.5 Å². The normalized spacial score (nSPS) is 18.9. The summed E-state index contributed by atoms with van der Waals surface area (Å²) in [6.45, 7) is 0.770. The van der Waals surface area contributed by atoms with E-state index in [0.717, 1.165) is 11.1 Å². The third-order valence-corrected chi connectivity index (χ3v) is 4.49. The van der Waals surface area contributed by atoms with E-state index in [0.29, 0.717) is 24.7 Å². The van der Waals surface area contributed by atoms with Crippen LogP contribution in [0.4, 0.5) is 0 Å². The first-order valence-electron chi connectivity index (χ1n) is 8.34. The fourth-order valence-corrected chi connectivity index (χ4v) is 3.10. The number of benzene rings is 2. The summed E-state index contributed by atoms with van der Waals surface area (Å²) in [6.07, 6.45) is 0. The van der Waals surface area contributed by atoms with Crippen LogP contribution in [-0.2, 0) is 20.9 Å². The zero-order valence-electron chi connectivity index (χ0n) is 14.7. The number of hydrogen-bond donors (Lipinski definition) is 1. The molecule has 136 valence electrons. The fraction of sp³-hybridized carbons (Fsp3) is 0.300. The van der Waals surface area contributed by atoms with Crippen LogP contribution in [0, 0.1) is 5.92 Å². The minimum atomic E-state index is -0.852. The highest BCUT2D eigenvalue weighted by Crippen LogP contribution is 2.36. The van der Waals surface area contributed by atoms with Crippen LogP contribution in [0.15, 0.2) is 48.5 Å². The highest BCUT2D eigenvalue weighted by Gasteiger charge is 2.42. The zero-order chi connectivity index (χ0) is 18.5. The molecule has 1 saturated heterocycles. The predicted octanol–water partition coefficient (Wildman–Crippen LogP) is 2.28. The van der Waals surface area contributed by atoms with Crippen LogP contribution < -0.4 is 14.8 Å². The molecule has 2 aromatic rings. The number of ether oxygens (including phenoxy) is 3. The second kappa shape index (κ2) is 7.91. The van der Waals surface area contributed by atoms with Gasteiger partial charge in [-0.25, -0.2) is 0 Å². The van der Waals surface area contributed by atoms with Gasteiger partial charge in [0.05, 0.1) is 14.2 Å². The Morgan fingerprint density at radius 3 is 2.58 bits per heavy atom. The van der Waals surface area contributed by atoms with Gasteiger partial charge in [-0.2, -0.15) is 0 Å². The molecule has 2 unspecified atom stereocenters. The number of carbonyl (C=O) groups excluding carboxylic acids is 2. The lowest BCUT2D eigenvalue weighted by Gasteiger charge is -2.18. The minimum Gasteiger partial charge on any atom is -0.493 e. The van der Waals surface area contributed by atoms with Crippen molar-refractivity contribution in [1.29, 1.82) is 0 Å². The molecular weight excluding hydrogens is 334 g/mol. The molecule has 0 bridgehead atoms. The van der Waals surface area contributed by atoms with Crippen molar-refractivity contribution in [3.8, 4) is 11.5 Å². The van der Waals surface area contributed by atoms with Crippen LogP contribution in [-0.4, -0.2) is 32.6 Å². The minimum absolute atomic E-state index is 0.306. The molecule has 0 radical (unpaired) electrons. The average Bonchev–Trinajstić information content (AvgIpc) is 3.07. The first kappa shape index (κ1) is 17.8. The molecule has 0 aliphatic carbocycles. The number of carbonyl (C=O) groups is 2. The summed E-state index contributed by atoms with van der Waals surface area (Å²) in [7, 11) is 2.86. The molecule has 0 spiro atoms. The van der Waals surface area contributed by atoms with Crippen molar-refractivity contribution in [3.63, 3.8) is 0 Å². The van der Waals surface area contributed by atoms with E-state index in [1.165, 1.54) is 7.11 Å². The Hall–Kier alpha value is -3.02. The van der Waals surface area contributed by atoms with Gasteiger partial charge in [-0.15, -0.1) is 0 Å². The number of amides is 1. The van der Waals surface area contributed by atoms with Gasteiger partial charge in [0.15, 0.2) is 11.5 Å². The maximum absolute atomic E-state index is 12.0. The number of methoxy groups -OCH3 is 2. The summed E-state index contributed by atoms with van der Waals surface area (Å²) in [4.78, 5) is 24.0. The first-order valence-corrected chi connectivity index (χ1v) is 8.34. The van der Waals surface area contributed by atoms with Crippen molar-refractivity contribution in [2.75, 3.05) is 20.8 Å². The van der Waals surface area contributed by atoms with E-state index >= 15 is 0 Å². The Morgan fingerprint density at radius 2 is 1.88 bits per heavy atom. The van der Waals surface area contributed by atoms with Crippen molar-refractivity contribution < 1.29 is 23.8 Å². The van der Waals surface area contributed by atoms with E-state index in [4.69, 9.17) is 14.2 Å². The quantitative estimate of drug-likeness (QED) is 0.636. The number of esters is 1. The van der Waals surface area contributed by atoms with E-state index in [2.05, 4.69) is 5.32 Å². The highest BCUT2D eigenvalue weighted by molar-refractivity contribution is 6.00. The smallest absolute Gasteiger partial charge is 0.318 e. The Bertz CT molecular complexity index is 790. The molecule has 1 N–H and O–H groups in total. The molecular formula is C20H21NO5. The van der Waals surface area contributed by atoms with Crippen molar-refractivity contribution in [2.24, 2.45) is 5.92 Å². The fourth-order valence-electron chi connectivity index (χ4n) is 3.10. The van der Waals surface area contributed by atoms with Crippen LogP contribution in [0.3, 0.4) is 0 Å². The van der Waals surface area contributed by atoms with E-state index in [9.17, 15) is 9.59 Å². The lowest BCUT2D eigenvalue weighted by atomic mass is 9.88. The molecule has 1 aliphatic rings. The van der Waals surface area contributed by atoms with Gasteiger partial charge in [-0.05, 0) is 23.3 Å². The number of rotatable bonds is 6. The van der Waals surface area contributed by atoms with Crippen LogP contribution in [0.1, 0.15) is 17.0 Å². The van der Waals surface area contributed by atoms with Gasteiger partial charge in [-0.3, -0.25) is 9.59 Å². The van der Waals surface area contributed by atoms with E-state index in [1.54, 1.807) is 13.2 Å². The molecule has 2 atom stereocenters. The Balaban J connectivity index is 1.84. The third kappa shape index (κ3) is 3.64. The molecule has 1 amide bonds. The predicted molar refractivity (Wildman–Crippen MR) is 95.0 cm³/mol. The Morgan fingerprint density at radius 1 is 1.12 bits per heavy atom. The molecule has 0 aromatic heterocycles. The van der Waals surface area contributed by atoms with Crippen molar-refractivity contribution in [2.45, 2.75) is 12.5 Å². The number of nitrogens with one attached hydrogen (secondary N) is 1. The molecule has 3 rings (SSSR count). The molecule has 1 heterocycles. The SMILES string of the molecule is COC(=O)C1C(=O)NCC1c1ccc(OC)c(OCc2ccccc2)c1. The van der Waals surface area contributed by atoms with Crippen molar-refractivity contribution >= 4 is 11.9 Å². The van der Waals surface area contributed by atoms with E-state index < -0.39 is 11.9 Å². The summed E-state index contributed by atoms with van der Waals surface area (Å²) >= 11 is 0. The maximum Gasteiger partial charge on any atom is 0.318 e. The van der Waals surface area contributed by atoms with Crippen LogP contribution >= 0.6 is 0 Å². The molecule has 1 aliphatic heterocycles. The number of hydrogen-bond acceptors (Lipinski definition) is 5. The topological polar surface area (TPSA) is 73.9 Å². The van der Waals surface area contributed by atoms with E-state index in [-0.39, 0.29) is 11.8 Å². The summed E-state index contributed by atoms with van der Waals surface area (Å²) in [6, 6.07) is 15.2. The summed E-state index contributed by atoms with van der Waals surface area (Å²) in [5, 5.41) is 2.73. The van der Waals surface area contributed by atoms with Gasteiger partial charge < -0.3 is 19.5 Å². The molecule has 6 heteroatoms. The van der Waals surface area contributed by atoms with Crippen LogP contribution in [0.2, 0.25) is 0 Å². The van der Waals surface area contributed by atoms with Gasteiger partial charge in [0, 0.05) is 12.5 Å². The Kier molecular flexibility index (Phi) is 5.41. The van der Waals surface area contributed by atoms with Gasteiger partial charge in [-0.1, -0.05) is 36.4 Å². The second-order valence-electron chi connectivity index (χ2n) is 6.04.